The van der Waals surface area contributed by atoms with Crippen molar-refractivity contribution < 1.29 is 4.74 Å². The number of hydrogen-bond donors (Lipinski definition) is 1. The summed E-state index contributed by atoms with van der Waals surface area (Å²) in [6.45, 7) is 2.61. The van der Waals surface area contributed by atoms with Crippen molar-refractivity contribution in [3.05, 3.63) is 34.9 Å². The summed E-state index contributed by atoms with van der Waals surface area (Å²) in [4.78, 5) is 0. The lowest BCUT2D eigenvalue weighted by Crippen LogP contribution is -2.35. The molecular weight excluding hydrogens is 236 g/mol. The van der Waals surface area contributed by atoms with Gasteiger partial charge in [-0.2, -0.15) is 5.26 Å². The molecule has 0 saturated heterocycles. The number of nitrogens with two attached hydrogens (primary N) is 1. The number of hydrogen-bond acceptors (Lipinski definition) is 3. The number of nitriles is 1. The molecule has 0 aromatic heterocycles. The topological polar surface area (TPSA) is 59.0 Å². The monoisotopic (exact) mass is 258 g/mol. The molecule has 2 rings (SSSR count). The molecular formula is C16H22N2O. The molecule has 1 saturated carbocycles. The number of nitrogens with zero attached hydrogens (tertiary/aromatic N) is 1. The first kappa shape index (κ1) is 14.0. The third-order valence-electron chi connectivity index (χ3n) is 3.93. The summed E-state index contributed by atoms with van der Waals surface area (Å²) < 4.78 is 6.01. The lowest BCUT2D eigenvalue weighted by molar-refractivity contribution is 0.0192. The quantitative estimate of drug-likeness (QED) is 0.848. The fourth-order valence-electron chi connectivity index (χ4n) is 2.63. The van der Waals surface area contributed by atoms with Crippen LogP contribution < -0.4 is 5.73 Å². The van der Waals surface area contributed by atoms with Gasteiger partial charge in [-0.25, -0.2) is 0 Å². The maximum Gasteiger partial charge on any atom is 0.0991 e. The van der Waals surface area contributed by atoms with E-state index in [2.05, 4.69) is 6.07 Å². The second kappa shape index (κ2) is 6.70. The molecule has 1 aromatic carbocycles. The lowest BCUT2D eigenvalue weighted by atomic mass is 10.1. The van der Waals surface area contributed by atoms with Crippen molar-refractivity contribution in [2.24, 2.45) is 5.73 Å². The average Bonchev–Trinajstić information content (AvgIpc) is 2.62. The highest BCUT2D eigenvalue weighted by Gasteiger charge is 2.21. The van der Waals surface area contributed by atoms with Gasteiger partial charge in [0, 0.05) is 6.04 Å². The molecule has 2 N–H and O–H groups in total. The fraction of sp³-hybridized carbons (Fsp3) is 0.562. The minimum absolute atomic E-state index is 0.168. The summed E-state index contributed by atoms with van der Waals surface area (Å²) in [5.41, 5.74) is 9.12. The third kappa shape index (κ3) is 3.79. The summed E-state index contributed by atoms with van der Waals surface area (Å²) in [5, 5.41) is 8.85. The lowest BCUT2D eigenvalue weighted by Gasteiger charge is -2.22. The van der Waals surface area contributed by atoms with E-state index in [-0.39, 0.29) is 12.1 Å². The predicted molar refractivity (Wildman–Crippen MR) is 75.5 cm³/mol. The van der Waals surface area contributed by atoms with Crippen LogP contribution in [0.1, 0.15) is 48.8 Å². The summed E-state index contributed by atoms with van der Waals surface area (Å²) in [7, 11) is 0. The summed E-state index contributed by atoms with van der Waals surface area (Å²) in [5.74, 6) is 0. The van der Waals surface area contributed by atoms with E-state index in [1.807, 2.05) is 25.1 Å². The number of aryl methyl sites for hydroxylation is 1. The van der Waals surface area contributed by atoms with Crippen LogP contribution in [0.5, 0.6) is 0 Å². The smallest absolute Gasteiger partial charge is 0.0991 e. The molecule has 2 atom stereocenters. The van der Waals surface area contributed by atoms with Crippen molar-refractivity contribution >= 4 is 0 Å². The van der Waals surface area contributed by atoms with E-state index in [1.54, 1.807) is 0 Å². The van der Waals surface area contributed by atoms with Gasteiger partial charge in [0.2, 0.25) is 0 Å². The molecule has 0 spiro atoms. The van der Waals surface area contributed by atoms with Crippen LogP contribution in [0.15, 0.2) is 18.2 Å². The van der Waals surface area contributed by atoms with Gasteiger partial charge in [-0.1, -0.05) is 25.3 Å². The van der Waals surface area contributed by atoms with Crippen LogP contribution in [0.4, 0.5) is 0 Å². The zero-order valence-corrected chi connectivity index (χ0v) is 11.6. The molecule has 19 heavy (non-hydrogen) atoms. The second-order valence-electron chi connectivity index (χ2n) is 5.40. The van der Waals surface area contributed by atoms with E-state index >= 15 is 0 Å². The molecule has 1 fully saturated rings. The van der Waals surface area contributed by atoms with E-state index in [4.69, 9.17) is 15.7 Å². The van der Waals surface area contributed by atoms with E-state index < -0.39 is 0 Å². The largest absolute Gasteiger partial charge is 0.372 e. The zero-order valence-electron chi connectivity index (χ0n) is 11.6. The molecule has 0 aliphatic heterocycles. The van der Waals surface area contributed by atoms with Crippen LogP contribution >= 0.6 is 0 Å². The first-order chi connectivity index (χ1) is 9.20. The SMILES string of the molecule is Cc1cc(C#N)ccc1COC1CCCCCC1N. The normalized spacial score (nSPS) is 23.6. The van der Waals surface area contributed by atoms with Crippen molar-refractivity contribution in [1.82, 2.24) is 0 Å². The highest BCUT2D eigenvalue weighted by molar-refractivity contribution is 5.37. The van der Waals surface area contributed by atoms with Gasteiger partial charge in [0.05, 0.1) is 24.3 Å². The Balaban J connectivity index is 1.96. The van der Waals surface area contributed by atoms with Gasteiger partial charge in [0.15, 0.2) is 0 Å². The Morgan fingerprint density at radius 3 is 2.84 bits per heavy atom. The van der Waals surface area contributed by atoms with E-state index in [1.165, 1.54) is 19.3 Å². The van der Waals surface area contributed by atoms with Crippen LogP contribution in [0.25, 0.3) is 0 Å². The molecule has 1 aromatic rings. The Kier molecular flexibility index (Phi) is 4.95. The zero-order chi connectivity index (χ0) is 13.7. The van der Waals surface area contributed by atoms with Crippen molar-refractivity contribution in [3.8, 4) is 6.07 Å². The molecule has 0 heterocycles. The van der Waals surface area contributed by atoms with Gasteiger partial charge in [0.1, 0.15) is 0 Å². The summed E-state index contributed by atoms with van der Waals surface area (Å²) >= 11 is 0. The van der Waals surface area contributed by atoms with Crippen molar-refractivity contribution in [2.75, 3.05) is 0 Å². The Morgan fingerprint density at radius 1 is 1.32 bits per heavy atom. The molecule has 3 heteroatoms. The Hall–Kier alpha value is -1.37. The standard InChI is InChI=1S/C16H22N2O/c1-12-9-13(10-17)7-8-14(12)11-19-16-6-4-2-3-5-15(16)18/h7-9,15-16H,2-6,11,18H2,1H3. The molecule has 102 valence electrons. The van der Waals surface area contributed by atoms with Gasteiger partial charge in [-0.3, -0.25) is 0 Å². The van der Waals surface area contributed by atoms with Crippen LogP contribution in [0.2, 0.25) is 0 Å². The maximum absolute atomic E-state index is 8.85. The number of ether oxygens (including phenoxy) is 1. The third-order valence-corrected chi connectivity index (χ3v) is 3.93. The molecule has 0 amide bonds. The Bertz CT molecular complexity index is 464. The Morgan fingerprint density at radius 2 is 2.11 bits per heavy atom. The molecule has 1 aliphatic rings. The van der Waals surface area contributed by atoms with E-state index in [0.29, 0.717) is 12.2 Å². The second-order valence-corrected chi connectivity index (χ2v) is 5.40. The average molecular weight is 258 g/mol. The highest BCUT2D eigenvalue weighted by atomic mass is 16.5. The molecule has 0 bridgehead atoms. The molecule has 1 aliphatic carbocycles. The first-order valence-corrected chi connectivity index (χ1v) is 7.07. The molecule has 3 nitrogen and oxygen atoms in total. The van der Waals surface area contributed by atoms with E-state index in [0.717, 1.165) is 24.0 Å². The first-order valence-electron chi connectivity index (χ1n) is 7.07. The summed E-state index contributed by atoms with van der Waals surface area (Å²) in [6, 6.07) is 8.06. The Labute approximate surface area is 115 Å². The molecule has 0 radical (unpaired) electrons. The maximum atomic E-state index is 8.85. The number of benzene rings is 1. The van der Waals surface area contributed by atoms with Gasteiger partial charge in [-0.15, -0.1) is 0 Å². The fourth-order valence-corrected chi connectivity index (χ4v) is 2.63. The van der Waals surface area contributed by atoms with Crippen LogP contribution in [-0.2, 0) is 11.3 Å². The minimum atomic E-state index is 0.168. The van der Waals surface area contributed by atoms with Crippen LogP contribution in [0, 0.1) is 18.3 Å². The van der Waals surface area contributed by atoms with Gasteiger partial charge in [0.25, 0.3) is 0 Å². The minimum Gasteiger partial charge on any atom is -0.372 e. The highest BCUT2D eigenvalue weighted by Crippen LogP contribution is 2.21. The predicted octanol–water partition coefficient (Wildman–Crippen LogP) is 3.04. The van der Waals surface area contributed by atoms with E-state index in [9.17, 15) is 0 Å². The van der Waals surface area contributed by atoms with Crippen LogP contribution in [0.3, 0.4) is 0 Å². The van der Waals surface area contributed by atoms with Crippen molar-refractivity contribution in [1.29, 1.82) is 5.26 Å². The molecule has 2 unspecified atom stereocenters. The number of rotatable bonds is 3. The van der Waals surface area contributed by atoms with Gasteiger partial charge in [-0.05, 0) is 43.0 Å². The van der Waals surface area contributed by atoms with Crippen LogP contribution in [-0.4, -0.2) is 12.1 Å². The van der Waals surface area contributed by atoms with Crippen molar-refractivity contribution in [3.63, 3.8) is 0 Å². The summed E-state index contributed by atoms with van der Waals surface area (Å²) in [6.07, 6.45) is 6.01. The van der Waals surface area contributed by atoms with Gasteiger partial charge < -0.3 is 10.5 Å². The van der Waals surface area contributed by atoms with Gasteiger partial charge >= 0.3 is 0 Å². The van der Waals surface area contributed by atoms with Crippen molar-refractivity contribution in [2.45, 2.75) is 57.8 Å².